The molecule has 0 spiro atoms. The molecule has 0 bridgehead atoms. The van der Waals surface area contributed by atoms with Gasteiger partial charge in [-0.3, -0.25) is 4.79 Å². The third-order valence-corrected chi connectivity index (χ3v) is 6.89. The Morgan fingerprint density at radius 1 is 1.09 bits per heavy atom. The second-order valence-corrected chi connectivity index (χ2v) is 9.57. The minimum Gasteiger partial charge on any atom is -0.465 e. The van der Waals surface area contributed by atoms with E-state index in [4.69, 9.17) is 21.4 Å². The number of hydrogen-bond donors (Lipinski definition) is 4. The Hall–Kier alpha value is -2.61. The Balaban J connectivity index is 1.75. The van der Waals surface area contributed by atoms with Gasteiger partial charge in [0.05, 0.1) is 6.61 Å². The Morgan fingerprint density at radius 2 is 1.77 bits per heavy atom. The van der Waals surface area contributed by atoms with Gasteiger partial charge in [0.2, 0.25) is 0 Å². The SMILES string of the molecule is CNC(C1CCCCC1)C(C)NC(=O)c1cccc(C(OCCNC(=O)O)c2cccc(Cl)c2)c1. The fourth-order valence-corrected chi connectivity index (χ4v) is 5.20. The monoisotopic (exact) mass is 501 g/mol. The number of benzene rings is 2. The number of carbonyl (C=O) groups excluding carboxylic acids is 1. The molecule has 35 heavy (non-hydrogen) atoms. The Kier molecular flexibility index (Phi) is 10.4. The van der Waals surface area contributed by atoms with Gasteiger partial charge >= 0.3 is 6.09 Å². The van der Waals surface area contributed by atoms with Crippen molar-refractivity contribution >= 4 is 23.6 Å². The van der Waals surface area contributed by atoms with E-state index in [2.05, 4.69) is 22.9 Å². The number of carbonyl (C=O) groups is 2. The summed E-state index contributed by atoms with van der Waals surface area (Å²) in [5.41, 5.74) is 2.17. The normalized spacial score (nSPS) is 16.8. The fourth-order valence-electron chi connectivity index (χ4n) is 5.00. The maximum absolute atomic E-state index is 13.2. The number of likely N-dealkylation sites (N-methyl/N-ethyl adjacent to an activating group) is 1. The molecule has 190 valence electrons. The summed E-state index contributed by atoms with van der Waals surface area (Å²) in [7, 11) is 1.97. The predicted molar refractivity (Wildman–Crippen MR) is 138 cm³/mol. The molecule has 3 rings (SSSR count). The smallest absolute Gasteiger partial charge is 0.404 e. The topological polar surface area (TPSA) is 99.7 Å². The first-order valence-corrected chi connectivity index (χ1v) is 12.7. The average Bonchev–Trinajstić information content (AvgIpc) is 2.85. The summed E-state index contributed by atoms with van der Waals surface area (Å²) in [6.45, 7) is 2.38. The second kappa shape index (κ2) is 13.5. The van der Waals surface area contributed by atoms with Crippen LogP contribution in [0.15, 0.2) is 48.5 Å². The van der Waals surface area contributed by atoms with Crippen molar-refractivity contribution in [1.82, 2.24) is 16.0 Å². The number of amides is 2. The number of rotatable bonds is 11. The predicted octanol–water partition coefficient (Wildman–Crippen LogP) is 5.00. The highest BCUT2D eigenvalue weighted by Gasteiger charge is 2.28. The van der Waals surface area contributed by atoms with Crippen molar-refractivity contribution < 1.29 is 19.4 Å². The van der Waals surface area contributed by atoms with Gasteiger partial charge in [-0.05, 0) is 68.1 Å². The molecule has 7 nitrogen and oxygen atoms in total. The fraction of sp³-hybridized carbons (Fsp3) is 0.481. The summed E-state index contributed by atoms with van der Waals surface area (Å²) < 4.78 is 6.04. The molecule has 3 atom stereocenters. The molecule has 1 fully saturated rings. The van der Waals surface area contributed by atoms with E-state index in [9.17, 15) is 9.59 Å². The number of nitrogens with one attached hydrogen (secondary N) is 3. The third-order valence-electron chi connectivity index (χ3n) is 6.65. The van der Waals surface area contributed by atoms with Gasteiger partial charge in [0, 0.05) is 29.2 Å². The number of halogens is 1. The standard InChI is InChI=1S/C27H36ClN3O4/c1-18(24(29-2)19-8-4-3-5-9-19)31-26(32)22-12-6-10-20(16-22)25(35-15-14-30-27(33)34)21-11-7-13-23(28)17-21/h6-7,10-13,16-19,24-25,29-30H,3-5,8-9,14-15H2,1-2H3,(H,31,32)(H,33,34). The van der Waals surface area contributed by atoms with Crippen molar-refractivity contribution in [2.45, 2.75) is 57.2 Å². The van der Waals surface area contributed by atoms with Gasteiger partial charge in [-0.1, -0.05) is 55.1 Å². The molecule has 1 aliphatic rings. The summed E-state index contributed by atoms with van der Waals surface area (Å²) in [6, 6.07) is 14.9. The van der Waals surface area contributed by atoms with E-state index in [0.717, 1.165) is 11.1 Å². The summed E-state index contributed by atoms with van der Waals surface area (Å²) in [6.07, 6.45) is 4.57. The van der Waals surface area contributed by atoms with Crippen LogP contribution in [0.5, 0.6) is 0 Å². The Labute approximate surface area is 212 Å². The largest absolute Gasteiger partial charge is 0.465 e. The molecule has 8 heteroatoms. The molecule has 2 aromatic rings. The molecule has 0 radical (unpaired) electrons. The quantitative estimate of drug-likeness (QED) is 0.325. The van der Waals surface area contributed by atoms with Crippen molar-refractivity contribution in [3.8, 4) is 0 Å². The van der Waals surface area contributed by atoms with Crippen LogP contribution in [-0.2, 0) is 4.74 Å². The summed E-state index contributed by atoms with van der Waals surface area (Å²) in [5, 5.41) is 18.3. The molecule has 0 aliphatic heterocycles. The molecule has 0 aromatic heterocycles. The van der Waals surface area contributed by atoms with Gasteiger partial charge in [0.15, 0.2) is 0 Å². The van der Waals surface area contributed by atoms with Gasteiger partial charge < -0.3 is 25.8 Å². The summed E-state index contributed by atoms with van der Waals surface area (Å²) >= 11 is 6.21. The molecular weight excluding hydrogens is 466 g/mol. The zero-order valence-electron chi connectivity index (χ0n) is 20.4. The zero-order valence-corrected chi connectivity index (χ0v) is 21.2. The van der Waals surface area contributed by atoms with Crippen molar-refractivity contribution in [1.29, 1.82) is 0 Å². The number of hydrogen-bond acceptors (Lipinski definition) is 4. The van der Waals surface area contributed by atoms with Crippen LogP contribution in [0.3, 0.4) is 0 Å². The van der Waals surface area contributed by atoms with Gasteiger partial charge in [-0.15, -0.1) is 0 Å². The van der Waals surface area contributed by atoms with Crippen LogP contribution < -0.4 is 16.0 Å². The maximum atomic E-state index is 13.2. The highest BCUT2D eigenvalue weighted by atomic mass is 35.5. The average molecular weight is 502 g/mol. The van der Waals surface area contributed by atoms with Crippen molar-refractivity contribution in [2.75, 3.05) is 20.2 Å². The first-order chi connectivity index (χ1) is 16.9. The minimum absolute atomic E-state index is 0.0127. The first-order valence-electron chi connectivity index (χ1n) is 12.3. The van der Waals surface area contributed by atoms with Crippen molar-refractivity contribution in [3.05, 3.63) is 70.2 Å². The molecule has 1 saturated carbocycles. The molecule has 2 aromatic carbocycles. The first kappa shape index (κ1) is 27.0. The van der Waals surface area contributed by atoms with Crippen LogP contribution in [-0.4, -0.2) is 49.4 Å². The van der Waals surface area contributed by atoms with E-state index in [1.807, 2.05) is 43.4 Å². The Morgan fingerprint density at radius 3 is 2.43 bits per heavy atom. The highest BCUT2D eigenvalue weighted by molar-refractivity contribution is 6.30. The molecule has 0 heterocycles. The van der Waals surface area contributed by atoms with E-state index in [1.165, 1.54) is 32.1 Å². The molecule has 3 unspecified atom stereocenters. The van der Waals surface area contributed by atoms with E-state index >= 15 is 0 Å². The molecule has 2 amide bonds. The molecule has 1 aliphatic carbocycles. The van der Waals surface area contributed by atoms with Gasteiger partial charge in [0.25, 0.3) is 5.91 Å². The molecule has 0 saturated heterocycles. The Bertz CT molecular complexity index is 980. The lowest BCUT2D eigenvalue weighted by atomic mass is 9.81. The van der Waals surface area contributed by atoms with Crippen molar-refractivity contribution in [3.63, 3.8) is 0 Å². The zero-order chi connectivity index (χ0) is 25.2. The van der Waals surface area contributed by atoms with Gasteiger partial charge in [-0.25, -0.2) is 4.79 Å². The van der Waals surface area contributed by atoms with Gasteiger partial charge in [0.1, 0.15) is 6.10 Å². The van der Waals surface area contributed by atoms with Gasteiger partial charge in [-0.2, -0.15) is 0 Å². The minimum atomic E-state index is -1.10. The summed E-state index contributed by atoms with van der Waals surface area (Å²) in [4.78, 5) is 24.0. The van der Waals surface area contributed by atoms with Crippen LogP contribution in [0.4, 0.5) is 4.79 Å². The maximum Gasteiger partial charge on any atom is 0.404 e. The molecule has 4 N–H and O–H groups in total. The lowest BCUT2D eigenvalue weighted by Gasteiger charge is -2.34. The third kappa shape index (κ3) is 7.95. The van der Waals surface area contributed by atoms with E-state index < -0.39 is 12.2 Å². The highest BCUT2D eigenvalue weighted by Crippen LogP contribution is 2.29. The summed E-state index contributed by atoms with van der Waals surface area (Å²) in [5.74, 6) is 0.434. The van der Waals surface area contributed by atoms with Crippen LogP contribution in [0.1, 0.15) is 66.6 Å². The van der Waals surface area contributed by atoms with E-state index in [1.54, 1.807) is 12.1 Å². The molecular formula is C27H36ClN3O4. The van der Waals surface area contributed by atoms with E-state index in [0.29, 0.717) is 16.5 Å². The lowest BCUT2D eigenvalue weighted by Crippen LogP contribution is -2.51. The van der Waals surface area contributed by atoms with Crippen LogP contribution in [0.25, 0.3) is 0 Å². The second-order valence-electron chi connectivity index (χ2n) is 9.14. The number of ether oxygens (including phenoxy) is 1. The number of carboxylic acid groups (broad SMARTS) is 1. The van der Waals surface area contributed by atoms with Crippen molar-refractivity contribution in [2.24, 2.45) is 5.92 Å². The van der Waals surface area contributed by atoms with Crippen LogP contribution in [0, 0.1) is 5.92 Å². The van der Waals surface area contributed by atoms with Crippen LogP contribution >= 0.6 is 11.6 Å². The lowest BCUT2D eigenvalue weighted by molar-refractivity contribution is 0.0812. The van der Waals surface area contributed by atoms with Crippen LogP contribution in [0.2, 0.25) is 5.02 Å². The van der Waals surface area contributed by atoms with E-state index in [-0.39, 0.29) is 31.1 Å².